The van der Waals surface area contributed by atoms with E-state index in [1.807, 2.05) is 42.3 Å². The average Bonchev–Trinajstić information content (AvgIpc) is 2.42. The van der Waals surface area contributed by atoms with Gasteiger partial charge in [-0.25, -0.2) is 0 Å². The predicted octanol–water partition coefficient (Wildman–Crippen LogP) is 1.96. The number of amides is 1. The van der Waals surface area contributed by atoms with Crippen molar-refractivity contribution in [2.24, 2.45) is 0 Å². The summed E-state index contributed by atoms with van der Waals surface area (Å²) >= 11 is 0. The molecule has 1 unspecified atom stereocenters. The minimum absolute atomic E-state index is 0.200. The standard InChI is InChI=1S/C14H20N2O/c1-15-13(12-8-4-2-5-9-12)14(17)16-10-6-3-7-11-16/h2,4-5,8-9,13,15H,3,6-7,10-11H2,1H3. The molecule has 1 atom stereocenters. The van der Waals surface area contributed by atoms with Gasteiger partial charge < -0.3 is 10.2 Å². The van der Waals surface area contributed by atoms with Gasteiger partial charge in [0.05, 0.1) is 0 Å². The van der Waals surface area contributed by atoms with Gasteiger partial charge in [-0.15, -0.1) is 0 Å². The molecule has 1 N–H and O–H groups in total. The van der Waals surface area contributed by atoms with Crippen LogP contribution in [0, 0.1) is 0 Å². The van der Waals surface area contributed by atoms with Crippen LogP contribution in [0.25, 0.3) is 0 Å². The fourth-order valence-electron chi connectivity index (χ4n) is 2.38. The maximum Gasteiger partial charge on any atom is 0.244 e. The third-order valence-electron chi connectivity index (χ3n) is 3.34. The van der Waals surface area contributed by atoms with Crippen molar-refractivity contribution in [3.63, 3.8) is 0 Å². The molecule has 1 heterocycles. The zero-order valence-electron chi connectivity index (χ0n) is 10.4. The lowest BCUT2D eigenvalue weighted by Crippen LogP contribution is -2.42. The molecule has 1 aromatic carbocycles. The Kier molecular flexibility index (Phi) is 4.15. The summed E-state index contributed by atoms with van der Waals surface area (Å²) in [6, 6.07) is 9.73. The molecule has 0 spiro atoms. The number of nitrogens with one attached hydrogen (secondary N) is 1. The Bertz CT molecular complexity index is 358. The van der Waals surface area contributed by atoms with Crippen molar-refractivity contribution in [2.45, 2.75) is 25.3 Å². The van der Waals surface area contributed by atoms with Crippen LogP contribution in [0.15, 0.2) is 30.3 Å². The van der Waals surface area contributed by atoms with Crippen LogP contribution in [-0.2, 0) is 4.79 Å². The Morgan fingerprint density at radius 1 is 1.18 bits per heavy atom. The lowest BCUT2D eigenvalue weighted by atomic mass is 10.0. The highest BCUT2D eigenvalue weighted by Crippen LogP contribution is 2.18. The van der Waals surface area contributed by atoms with Crippen LogP contribution in [-0.4, -0.2) is 30.9 Å². The van der Waals surface area contributed by atoms with E-state index in [9.17, 15) is 4.79 Å². The zero-order valence-corrected chi connectivity index (χ0v) is 10.4. The maximum absolute atomic E-state index is 12.4. The fourth-order valence-corrected chi connectivity index (χ4v) is 2.38. The van der Waals surface area contributed by atoms with Crippen LogP contribution < -0.4 is 5.32 Å². The molecular formula is C14H20N2O. The van der Waals surface area contributed by atoms with Crippen molar-refractivity contribution in [3.05, 3.63) is 35.9 Å². The predicted molar refractivity (Wildman–Crippen MR) is 68.7 cm³/mol. The number of carbonyl (C=O) groups excluding carboxylic acids is 1. The molecule has 0 aliphatic carbocycles. The van der Waals surface area contributed by atoms with E-state index in [1.54, 1.807) is 0 Å². The number of piperidine rings is 1. The van der Waals surface area contributed by atoms with E-state index in [2.05, 4.69) is 5.32 Å². The molecule has 1 aliphatic rings. The summed E-state index contributed by atoms with van der Waals surface area (Å²) in [5.74, 6) is 0.207. The summed E-state index contributed by atoms with van der Waals surface area (Å²) in [5.41, 5.74) is 1.05. The number of nitrogens with zero attached hydrogens (tertiary/aromatic N) is 1. The molecule has 1 aromatic rings. The van der Waals surface area contributed by atoms with Crippen molar-refractivity contribution in [3.8, 4) is 0 Å². The Morgan fingerprint density at radius 2 is 1.82 bits per heavy atom. The minimum Gasteiger partial charge on any atom is -0.341 e. The molecule has 3 heteroatoms. The molecule has 1 fully saturated rings. The van der Waals surface area contributed by atoms with Gasteiger partial charge in [-0.05, 0) is 31.9 Å². The highest BCUT2D eigenvalue weighted by atomic mass is 16.2. The molecule has 0 saturated carbocycles. The van der Waals surface area contributed by atoms with Gasteiger partial charge in [0.2, 0.25) is 5.91 Å². The summed E-state index contributed by atoms with van der Waals surface area (Å²) in [4.78, 5) is 14.4. The summed E-state index contributed by atoms with van der Waals surface area (Å²) in [5, 5.41) is 3.12. The lowest BCUT2D eigenvalue weighted by molar-refractivity contribution is -0.134. The summed E-state index contributed by atoms with van der Waals surface area (Å²) in [6.45, 7) is 1.81. The van der Waals surface area contributed by atoms with Crippen LogP contribution in [0.1, 0.15) is 30.9 Å². The zero-order chi connectivity index (χ0) is 12.1. The first kappa shape index (κ1) is 12.1. The average molecular weight is 232 g/mol. The second-order valence-electron chi connectivity index (χ2n) is 4.52. The maximum atomic E-state index is 12.4. The largest absolute Gasteiger partial charge is 0.341 e. The number of likely N-dealkylation sites (tertiary alicyclic amines) is 1. The number of hydrogen-bond acceptors (Lipinski definition) is 2. The van der Waals surface area contributed by atoms with Gasteiger partial charge >= 0.3 is 0 Å². The van der Waals surface area contributed by atoms with Crippen molar-refractivity contribution < 1.29 is 4.79 Å². The molecule has 17 heavy (non-hydrogen) atoms. The Balaban J connectivity index is 2.10. The Morgan fingerprint density at radius 3 is 2.41 bits per heavy atom. The van der Waals surface area contributed by atoms with E-state index in [-0.39, 0.29) is 11.9 Å². The van der Waals surface area contributed by atoms with Crippen LogP contribution in [0.2, 0.25) is 0 Å². The molecule has 2 rings (SSSR count). The molecule has 92 valence electrons. The topological polar surface area (TPSA) is 32.3 Å². The minimum atomic E-state index is -0.200. The second-order valence-corrected chi connectivity index (χ2v) is 4.52. The molecular weight excluding hydrogens is 212 g/mol. The van der Waals surface area contributed by atoms with Crippen molar-refractivity contribution >= 4 is 5.91 Å². The van der Waals surface area contributed by atoms with E-state index in [4.69, 9.17) is 0 Å². The first-order valence-corrected chi connectivity index (χ1v) is 6.34. The Hall–Kier alpha value is -1.35. The lowest BCUT2D eigenvalue weighted by Gasteiger charge is -2.30. The fraction of sp³-hybridized carbons (Fsp3) is 0.500. The van der Waals surface area contributed by atoms with E-state index in [0.29, 0.717) is 0 Å². The number of likely N-dealkylation sites (N-methyl/N-ethyl adjacent to an activating group) is 1. The quantitative estimate of drug-likeness (QED) is 0.864. The van der Waals surface area contributed by atoms with Gasteiger partial charge in [0.1, 0.15) is 6.04 Å². The number of benzene rings is 1. The number of rotatable bonds is 3. The highest BCUT2D eigenvalue weighted by molar-refractivity contribution is 5.83. The van der Waals surface area contributed by atoms with Gasteiger partial charge in [-0.3, -0.25) is 4.79 Å². The monoisotopic (exact) mass is 232 g/mol. The van der Waals surface area contributed by atoms with Gasteiger partial charge in [0.15, 0.2) is 0 Å². The van der Waals surface area contributed by atoms with Crippen LogP contribution in [0.5, 0.6) is 0 Å². The van der Waals surface area contributed by atoms with Gasteiger partial charge in [-0.2, -0.15) is 0 Å². The van der Waals surface area contributed by atoms with Crippen molar-refractivity contribution in [1.29, 1.82) is 0 Å². The van der Waals surface area contributed by atoms with E-state index in [0.717, 1.165) is 31.5 Å². The van der Waals surface area contributed by atoms with Crippen LogP contribution in [0.3, 0.4) is 0 Å². The first-order chi connectivity index (χ1) is 8.33. The summed E-state index contributed by atoms with van der Waals surface area (Å²) in [7, 11) is 1.85. The number of carbonyl (C=O) groups is 1. The van der Waals surface area contributed by atoms with Crippen LogP contribution >= 0.6 is 0 Å². The smallest absolute Gasteiger partial charge is 0.244 e. The second kappa shape index (κ2) is 5.82. The number of hydrogen-bond donors (Lipinski definition) is 1. The molecule has 0 aromatic heterocycles. The Labute approximate surface area is 103 Å². The van der Waals surface area contributed by atoms with Crippen molar-refractivity contribution in [2.75, 3.05) is 20.1 Å². The van der Waals surface area contributed by atoms with Gasteiger partial charge in [0.25, 0.3) is 0 Å². The first-order valence-electron chi connectivity index (χ1n) is 6.34. The molecule has 3 nitrogen and oxygen atoms in total. The molecule has 1 saturated heterocycles. The molecule has 1 amide bonds. The third-order valence-corrected chi connectivity index (χ3v) is 3.34. The summed E-state index contributed by atoms with van der Waals surface area (Å²) in [6.07, 6.45) is 3.52. The normalized spacial score (nSPS) is 17.8. The molecule has 1 aliphatic heterocycles. The summed E-state index contributed by atoms with van der Waals surface area (Å²) < 4.78 is 0. The highest BCUT2D eigenvalue weighted by Gasteiger charge is 2.25. The SMILES string of the molecule is CNC(C(=O)N1CCCCC1)c1ccccc1. The molecule has 0 radical (unpaired) electrons. The van der Waals surface area contributed by atoms with Gasteiger partial charge in [-0.1, -0.05) is 30.3 Å². The van der Waals surface area contributed by atoms with E-state index < -0.39 is 0 Å². The third kappa shape index (κ3) is 2.86. The van der Waals surface area contributed by atoms with Gasteiger partial charge in [0, 0.05) is 13.1 Å². The van der Waals surface area contributed by atoms with Crippen molar-refractivity contribution in [1.82, 2.24) is 10.2 Å². The van der Waals surface area contributed by atoms with E-state index >= 15 is 0 Å². The van der Waals surface area contributed by atoms with E-state index in [1.165, 1.54) is 6.42 Å². The van der Waals surface area contributed by atoms with Crippen LogP contribution in [0.4, 0.5) is 0 Å². The molecule has 0 bridgehead atoms.